The van der Waals surface area contributed by atoms with Gasteiger partial charge >= 0.3 is 0 Å². The van der Waals surface area contributed by atoms with Crippen LogP contribution in [0.25, 0.3) is 0 Å². The Morgan fingerprint density at radius 2 is 2.00 bits per heavy atom. The van der Waals surface area contributed by atoms with E-state index in [9.17, 15) is 4.79 Å². The van der Waals surface area contributed by atoms with Gasteiger partial charge < -0.3 is 0 Å². The molecule has 1 aromatic carbocycles. The molecule has 0 saturated heterocycles. The molecule has 0 spiro atoms. The molecule has 15 heavy (non-hydrogen) atoms. The van der Waals surface area contributed by atoms with Crippen molar-refractivity contribution in [3.63, 3.8) is 0 Å². The first kappa shape index (κ1) is 9.14. The molecular formula is C14H16O. The minimum Gasteiger partial charge on any atom is -0.294 e. The first-order valence-electron chi connectivity index (χ1n) is 5.90. The molecule has 0 radical (unpaired) electrons. The van der Waals surface area contributed by atoms with Gasteiger partial charge in [0, 0.05) is 11.5 Å². The van der Waals surface area contributed by atoms with Gasteiger partial charge in [0.2, 0.25) is 0 Å². The van der Waals surface area contributed by atoms with Crippen LogP contribution in [0.5, 0.6) is 0 Å². The number of hydrogen-bond donors (Lipinski definition) is 0. The van der Waals surface area contributed by atoms with E-state index < -0.39 is 0 Å². The monoisotopic (exact) mass is 200 g/mol. The van der Waals surface area contributed by atoms with E-state index in [1.165, 1.54) is 18.4 Å². The molecule has 0 heterocycles. The zero-order chi connectivity index (χ0) is 10.4. The summed E-state index contributed by atoms with van der Waals surface area (Å²) >= 11 is 0. The number of fused-ring (bicyclic) bond motifs is 1. The molecule has 0 bridgehead atoms. The minimum atomic E-state index is 0.273. The Morgan fingerprint density at radius 1 is 1.27 bits per heavy atom. The van der Waals surface area contributed by atoms with E-state index in [4.69, 9.17) is 0 Å². The van der Waals surface area contributed by atoms with Crippen LogP contribution in [-0.2, 0) is 0 Å². The number of ketones is 1. The van der Waals surface area contributed by atoms with Crippen molar-refractivity contribution in [3.8, 4) is 0 Å². The van der Waals surface area contributed by atoms with Crippen LogP contribution in [0.3, 0.4) is 0 Å². The van der Waals surface area contributed by atoms with Gasteiger partial charge in [-0.2, -0.15) is 0 Å². The molecule has 1 aromatic rings. The van der Waals surface area contributed by atoms with Crippen LogP contribution in [-0.4, -0.2) is 5.78 Å². The third-order valence-electron chi connectivity index (χ3n) is 3.94. The average Bonchev–Trinajstić information content (AvgIpc) is 3.04. The molecule has 0 amide bonds. The second kappa shape index (κ2) is 3.19. The fourth-order valence-electron chi connectivity index (χ4n) is 2.79. The van der Waals surface area contributed by atoms with Gasteiger partial charge in [0.05, 0.1) is 0 Å². The minimum absolute atomic E-state index is 0.273. The lowest BCUT2D eigenvalue weighted by Gasteiger charge is -2.13. The SMILES string of the molecule is CC1c2ccccc2C(=O)C1CC1CC1. The number of carbonyl (C=O) groups is 1. The van der Waals surface area contributed by atoms with Gasteiger partial charge in [-0.15, -0.1) is 0 Å². The zero-order valence-electron chi connectivity index (χ0n) is 9.07. The number of hydrogen-bond acceptors (Lipinski definition) is 1. The summed E-state index contributed by atoms with van der Waals surface area (Å²) in [4.78, 5) is 12.2. The van der Waals surface area contributed by atoms with Crippen LogP contribution in [0.1, 0.15) is 48.0 Å². The summed E-state index contributed by atoms with van der Waals surface area (Å²) in [7, 11) is 0. The van der Waals surface area contributed by atoms with Crippen molar-refractivity contribution in [1.29, 1.82) is 0 Å². The van der Waals surface area contributed by atoms with Crippen molar-refractivity contribution in [2.45, 2.75) is 32.1 Å². The number of Topliss-reactive ketones (excluding diaryl/α,β-unsaturated/α-hetero) is 1. The van der Waals surface area contributed by atoms with Gasteiger partial charge in [-0.05, 0) is 23.8 Å². The van der Waals surface area contributed by atoms with Crippen molar-refractivity contribution in [2.75, 3.05) is 0 Å². The fraction of sp³-hybridized carbons (Fsp3) is 0.500. The van der Waals surface area contributed by atoms with Crippen molar-refractivity contribution in [3.05, 3.63) is 35.4 Å². The lowest BCUT2D eigenvalue weighted by atomic mass is 9.89. The molecular weight excluding hydrogens is 184 g/mol. The molecule has 0 aliphatic heterocycles. The Kier molecular flexibility index (Phi) is 1.95. The number of carbonyl (C=O) groups excluding carboxylic acids is 1. The highest BCUT2D eigenvalue weighted by molar-refractivity contribution is 6.03. The maximum Gasteiger partial charge on any atom is 0.166 e. The quantitative estimate of drug-likeness (QED) is 0.715. The summed E-state index contributed by atoms with van der Waals surface area (Å²) in [5, 5.41) is 0. The number of benzene rings is 1. The van der Waals surface area contributed by atoms with Crippen molar-refractivity contribution >= 4 is 5.78 Å². The van der Waals surface area contributed by atoms with Gasteiger partial charge in [-0.25, -0.2) is 0 Å². The maximum atomic E-state index is 12.2. The molecule has 1 nitrogen and oxygen atoms in total. The molecule has 0 N–H and O–H groups in total. The molecule has 0 aromatic heterocycles. The summed E-state index contributed by atoms with van der Waals surface area (Å²) in [6, 6.07) is 8.12. The Labute approximate surface area is 90.5 Å². The van der Waals surface area contributed by atoms with Crippen molar-refractivity contribution in [2.24, 2.45) is 11.8 Å². The van der Waals surface area contributed by atoms with E-state index in [1.807, 2.05) is 18.2 Å². The molecule has 2 atom stereocenters. The molecule has 2 aliphatic rings. The first-order chi connectivity index (χ1) is 7.27. The van der Waals surface area contributed by atoms with Crippen LogP contribution in [0, 0.1) is 11.8 Å². The van der Waals surface area contributed by atoms with E-state index in [0.29, 0.717) is 11.7 Å². The Hall–Kier alpha value is -1.11. The second-order valence-electron chi connectivity index (χ2n) is 5.03. The highest BCUT2D eigenvalue weighted by Gasteiger charge is 2.39. The summed E-state index contributed by atoms with van der Waals surface area (Å²) in [5.74, 6) is 1.95. The van der Waals surface area contributed by atoms with Gasteiger partial charge in [0.15, 0.2) is 5.78 Å². The predicted molar refractivity (Wildman–Crippen MR) is 60.0 cm³/mol. The van der Waals surface area contributed by atoms with Crippen LogP contribution in [0.2, 0.25) is 0 Å². The van der Waals surface area contributed by atoms with Gasteiger partial charge in [-0.3, -0.25) is 4.79 Å². The summed E-state index contributed by atoms with van der Waals surface area (Å²) in [6.45, 7) is 2.21. The van der Waals surface area contributed by atoms with Crippen molar-refractivity contribution in [1.82, 2.24) is 0 Å². The smallest absolute Gasteiger partial charge is 0.166 e. The van der Waals surface area contributed by atoms with Crippen LogP contribution in [0.15, 0.2) is 24.3 Å². The zero-order valence-corrected chi connectivity index (χ0v) is 9.07. The van der Waals surface area contributed by atoms with E-state index in [-0.39, 0.29) is 5.92 Å². The average molecular weight is 200 g/mol. The standard InChI is InChI=1S/C14H16O/c1-9-11-4-2-3-5-12(11)14(15)13(9)8-10-6-7-10/h2-5,9-10,13H,6-8H2,1H3. The highest BCUT2D eigenvalue weighted by atomic mass is 16.1. The van der Waals surface area contributed by atoms with Crippen LogP contribution >= 0.6 is 0 Å². The summed E-state index contributed by atoms with van der Waals surface area (Å²) in [6.07, 6.45) is 3.80. The lowest BCUT2D eigenvalue weighted by Crippen LogP contribution is -2.12. The fourth-order valence-corrected chi connectivity index (χ4v) is 2.79. The topological polar surface area (TPSA) is 17.1 Å². The van der Waals surface area contributed by atoms with E-state index >= 15 is 0 Å². The van der Waals surface area contributed by atoms with E-state index in [1.54, 1.807) is 0 Å². The lowest BCUT2D eigenvalue weighted by molar-refractivity contribution is 0.0915. The molecule has 1 saturated carbocycles. The Morgan fingerprint density at radius 3 is 2.67 bits per heavy atom. The largest absolute Gasteiger partial charge is 0.294 e. The van der Waals surface area contributed by atoms with Crippen molar-refractivity contribution < 1.29 is 4.79 Å². The molecule has 1 fully saturated rings. The van der Waals surface area contributed by atoms with Gasteiger partial charge in [-0.1, -0.05) is 44.0 Å². The van der Waals surface area contributed by atoms with Gasteiger partial charge in [0.1, 0.15) is 0 Å². The normalized spacial score (nSPS) is 29.3. The van der Waals surface area contributed by atoms with E-state index in [2.05, 4.69) is 13.0 Å². The molecule has 1 heteroatoms. The summed E-state index contributed by atoms with van der Waals surface area (Å²) in [5.41, 5.74) is 2.25. The van der Waals surface area contributed by atoms with Gasteiger partial charge in [0.25, 0.3) is 0 Å². The third kappa shape index (κ3) is 1.41. The second-order valence-corrected chi connectivity index (χ2v) is 5.03. The summed E-state index contributed by atoms with van der Waals surface area (Å²) < 4.78 is 0. The first-order valence-corrected chi connectivity index (χ1v) is 5.90. The molecule has 3 rings (SSSR count). The maximum absolute atomic E-state index is 12.2. The Bertz CT molecular complexity index is 404. The Balaban J connectivity index is 1.93. The molecule has 78 valence electrons. The van der Waals surface area contributed by atoms with Crippen LogP contribution < -0.4 is 0 Å². The van der Waals surface area contributed by atoms with Crippen LogP contribution in [0.4, 0.5) is 0 Å². The van der Waals surface area contributed by atoms with E-state index in [0.717, 1.165) is 17.9 Å². The predicted octanol–water partition coefficient (Wildman–Crippen LogP) is 3.40. The number of rotatable bonds is 2. The molecule has 2 unspecified atom stereocenters. The third-order valence-corrected chi connectivity index (χ3v) is 3.94. The highest BCUT2D eigenvalue weighted by Crippen LogP contribution is 2.45. The molecule has 2 aliphatic carbocycles.